The largest absolute Gasteiger partial charge is 0.504 e. The van der Waals surface area contributed by atoms with Crippen LogP contribution in [0, 0.1) is 0 Å². The zero-order chi connectivity index (χ0) is 12.4. The lowest BCUT2D eigenvalue weighted by molar-refractivity contribution is 0.403. The number of rotatable bonds is 2. The number of benzene rings is 2. The van der Waals surface area contributed by atoms with Crippen LogP contribution in [0.3, 0.4) is 0 Å². The smallest absolute Gasteiger partial charge is 0.219 e. The van der Waals surface area contributed by atoms with Crippen LogP contribution in [0.4, 0.5) is 0 Å². The van der Waals surface area contributed by atoms with Gasteiger partial charge in [-0.2, -0.15) is 0 Å². The number of ether oxygens (including phenoxy) is 1. The van der Waals surface area contributed by atoms with Gasteiger partial charge in [-0.1, -0.05) is 30.3 Å². The molecule has 0 radical (unpaired) electrons. The summed E-state index contributed by atoms with van der Waals surface area (Å²) in [5.74, 6) is 0.975. The monoisotopic (exact) mass is 237 g/mol. The van der Waals surface area contributed by atoms with Crippen molar-refractivity contribution in [2.24, 2.45) is 0 Å². The molecule has 0 aliphatic rings. The van der Waals surface area contributed by atoms with Gasteiger partial charge in [0.15, 0.2) is 11.5 Å². The molecule has 0 spiro atoms. The van der Waals surface area contributed by atoms with Gasteiger partial charge < -0.3 is 9.84 Å². The number of hydrogen-bond donors (Lipinski definition) is 1. The van der Waals surface area contributed by atoms with Gasteiger partial charge in [0, 0.05) is 11.5 Å². The fraction of sp³-hybridized carbons (Fsp3) is 0. The maximum Gasteiger partial charge on any atom is 0.219 e. The molecule has 0 saturated heterocycles. The number of hydrogen-bond acceptors (Lipinski definition) is 3. The van der Waals surface area contributed by atoms with Crippen LogP contribution >= 0.6 is 0 Å². The summed E-state index contributed by atoms with van der Waals surface area (Å²) in [7, 11) is 0. The van der Waals surface area contributed by atoms with Gasteiger partial charge in [0.1, 0.15) is 0 Å². The van der Waals surface area contributed by atoms with Crippen molar-refractivity contribution in [3.63, 3.8) is 0 Å². The molecule has 0 fully saturated rings. The third-order valence-corrected chi connectivity index (χ3v) is 2.65. The molecular formula is C15H11NO2. The van der Waals surface area contributed by atoms with E-state index < -0.39 is 0 Å². The average molecular weight is 237 g/mol. The van der Waals surface area contributed by atoms with Gasteiger partial charge in [-0.05, 0) is 24.3 Å². The first-order valence-corrected chi connectivity index (χ1v) is 5.64. The topological polar surface area (TPSA) is 42.4 Å². The molecule has 3 aromatic rings. The lowest BCUT2D eigenvalue weighted by Gasteiger charge is -2.07. The molecule has 0 atom stereocenters. The van der Waals surface area contributed by atoms with E-state index in [1.54, 1.807) is 30.3 Å². The van der Waals surface area contributed by atoms with Crippen molar-refractivity contribution in [1.82, 2.24) is 4.98 Å². The fourth-order valence-corrected chi connectivity index (χ4v) is 1.76. The Morgan fingerprint density at radius 1 is 0.833 bits per heavy atom. The highest BCUT2D eigenvalue weighted by atomic mass is 16.5. The molecule has 0 unspecified atom stereocenters. The molecule has 1 aromatic heterocycles. The van der Waals surface area contributed by atoms with Gasteiger partial charge in [0.2, 0.25) is 5.88 Å². The maximum atomic E-state index is 9.63. The van der Waals surface area contributed by atoms with Gasteiger partial charge >= 0.3 is 0 Å². The SMILES string of the molecule is Oc1ccccc1Oc1ccc2ccccc2n1. The summed E-state index contributed by atoms with van der Waals surface area (Å²) in [6, 6.07) is 18.4. The van der Waals surface area contributed by atoms with E-state index in [1.807, 2.05) is 30.3 Å². The average Bonchev–Trinajstić information content (AvgIpc) is 2.41. The van der Waals surface area contributed by atoms with E-state index in [0.717, 1.165) is 10.9 Å². The van der Waals surface area contributed by atoms with Crippen LogP contribution < -0.4 is 4.74 Å². The minimum atomic E-state index is 0.104. The second-order valence-electron chi connectivity index (χ2n) is 3.91. The van der Waals surface area contributed by atoms with Crippen LogP contribution in [-0.4, -0.2) is 10.1 Å². The van der Waals surface area contributed by atoms with Gasteiger partial charge in [-0.15, -0.1) is 0 Å². The van der Waals surface area contributed by atoms with Crippen molar-refractivity contribution in [1.29, 1.82) is 0 Å². The van der Waals surface area contributed by atoms with Gasteiger partial charge in [0.25, 0.3) is 0 Å². The second-order valence-corrected chi connectivity index (χ2v) is 3.91. The molecule has 0 amide bonds. The van der Waals surface area contributed by atoms with Gasteiger partial charge in [0.05, 0.1) is 5.52 Å². The number of fused-ring (bicyclic) bond motifs is 1. The van der Waals surface area contributed by atoms with Crippen LogP contribution in [0.1, 0.15) is 0 Å². The normalized spacial score (nSPS) is 10.4. The summed E-state index contributed by atoms with van der Waals surface area (Å²) in [6.07, 6.45) is 0. The number of aromatic hydroxyl groups is 1. The first-order chi connectivity index (χ1) is 8.83. The van der Waals surface area contributed by atoms with Gasteiger partial charge in [-0.3, -0.25) is 0 Å². The Morgan fingerprint density at radius 2 is 1.61 bits per heavy atom. The molecule has 3 rings (SSSR count). The highest BCUT2D eigenvalue weighted by Gasteiger charge is 2.04. The van der Waals surface area contributed by atoms with Crippen LogP contribution in [0.25, 0.3) is 10.9 Å². The highest BCUT2D eigenvalue weighted by Crippen LogP contribution is 2.29. The van der Waals surface area contributed by atoms with Gasteiger partial charge in [-0.25, -0.2) is 4.98 Å². The number of pyridine rings is 1. The minimum absolute atomic E-state index is 0.104. The molecule has 88 valence electrons. The van der Waals surface area contributed by atoms with Crippen molar-refractivity contribution in [3.05, 3.63) is 60.7 Å². The van der Waals surface area contributed by atoms with Crippen LogP contribution in [-0.2, 0) is 0 Å². The van der Waals surface area contributed by atoms with Crippen LogP contribution in [0.15, 0.2) is 60.7 Å². The predicted molar refractivity (Wildman–Crippen MR) is 69.9 cm³/mol. The number of para-hydroxylation sites is 3. The molecular weight excluding hydrogens is 226 g/mol. The fourth-order valence-electron chi connectivity index (χ4n) is 1.76. The summed E-state index contributed by atoms with van der Waals surface area (Å²) in [5.41, 5.74) is 0.866. The number of phenols is 1. The zero-order valence-corrected chi connectivity index (χ0v) is 9.58. The highest BCUT2D eigenvalue weighted by molar-refractivity contribution is 5.78. The van der Waals surface area contributed by atoms with E-state index in [9.17, 15) is 5.11 Å². The van der Waals surface area contributed by atoms with E-state index in [4.69, 9.17) is 4.74 Å². The predicted octanol–water partition coefficient (Wildman–Crippen LogP) is 3.73. The van der Waals surface area contributed by atoms with E-state index in [-0.39, 0.29) is 5.75 Å². The standard InChI is InChI=1S/C15H11NO2/c17-13-7-3-4-8-14(13)18-15-10-9-11-5-1-2-6-12(11)16-15/h1-10,17H. The Morgan fingerprint density at radius 3 is 2.50 bits per heavy atom. The molecule has 0 saturated carbocycles. The molecule has 3 nitrogen and oxygen atoms in total. The maximum absolute atomic E-state index is 9.63. The van der Waals surface area contributed by atoms with Crippen LogP contribution in [0.2, 0.25) is 0 Å². The molecule has 1 heterocycles. The molecule has 2 aromatic carbocycles. The first kappa shape index (κ1) is 10.6. The summed E-state index contributed by atoms with van der Waals surface area (Å²) in [6.45, 7) is 0. The number of nitrogens with zero attached hydrogens (tertiary/aromatic N) is 1. The summed E-state index contributed by atoms with van der Waals surface area (Å²) >= 11 is 0. The lowest BCUT2D eigenvalue weighted by atomic mass is 10.2. The first-order valence-electron chi connectivity index (χ1n) is 5.64. The summed E-state index contributed by atoms with van der Waals surface area (Å²) in [4.78, 5) is 4.38. The molecule has 3 heteroatoms. The van der Waals surface area contributed by atoms with E-state index >= 15 is 0 Å². The Bertz CT molecular complexity index is 695. The van der Waals surface area contributed by atoms with E-state index in [1.165, 1.54) is 0 Å². The Balaban J connectivity index is 1.98. The quantitative estimate of drug-likeness (QED) is 0.738. The van der Waals surface area contributed by atoms with Crippen molar-refractivity contribution in [3.8, 4) is 17.4 Å². The third kappa shape index (κ3) is 1.98. The molecule has 18 heavy (non-hydrogen) atoms. The Hall–Kier alpha value is -2.55. The Kier molecular flexibility index (Phi) is 2.57. The Labute approximate surface area is 104 Å². The molecule has 1 N–H and O–H groups in total. The summed E-state index contributed by atoms with van der Waals surface area (Å²) in [5, 5.41) is 10.7. The molecule has 0 aliphatic carbocycles. The third-order valence-electron chi connectivity index (χ3n) is 2.65. The summed E-state index contributed by atoms with van der Waals surface area (Å²) < 4.78 is 5.56. The minimum Gasteiger partial charge on any atom is -0.504 e. The van der Waals surface area contributed by atoms with Crippen molar-refractivity contribution in [2.75, 3.05) is 0 Å². The van der Waals surface area contributed by atoms with E-state index in [2.05, 4.69) is 4.98 Å². The number of aromatic nitrogens is 1. The van der Waals surface area contributed by atoms with Crippen molar-refractivity contribution < 1.29 is 9.84 Å². The molecule has 0 bridgehead atoms. The van der Waals surface area contributed by atoms with E-state index in [0.29, 0.717) is 11.6 Å². The number of phenolic OH excluding ortho intramolecular Hbond substituents is 1. The van der Waals surface area contributed by atoms with Crippen LogP contribution in [0.5, 0.6) is 17.4 Å². The lowest BCUT2D eigenvalue weighted by Crippen LogP contribution is -1.88. The zero-order valence-electron chi connectivity index (χ0n) is 9.58. The van der Waals surface area contributed by atoms with Crippen molar-refractivity contribution >= 4 is 10.9 Å². The molecule has 0 aliphatic heterocycles. The van der Waals surface area contributed by atoms with Crippen molar-refractivity contribution in [2.45, 2.75) is 0 Å². The second kappa shape index (κ2) is 4.37.